The van der Waals surface area contributed by atoms with Gasteiger partial charge in [0.1, 0.15) is 5.78 Å². The monoisotopic (exact) mass is 152 g/mol. The number of hydrazine groups is 1. The van der Waals surface area contributed by atoms with Crippen LogP contribution in [0.2, 0.25) is 0 Å². The Hall–Kier alpha value is -0.830. The van der Waals surface area contributed by atoms with Crippen molar-refractivity contribution in [3.8, 4) is 0 Å². The smallest absolute Gasteiger partial charge is 0.137 e. The van der Waals surface area contributed by atoms with Crippen LogP contribution in [0, 0.1) is 5.92 Å². The lowest BCUT2D eigenvalue weighted by Gasteiger charge is -2.18. The summed E-state index contributed by atoms with van der Waals surface area (Å²) in [5.74, 6) is 0.817. The average molecular weight is 152 g/mol. The summed E-state index contributed by atoms with van der Waals surface area (Å²) >= 11 is 0. The molecule has 11 heavy (non-hydrogen) atoms. The summed E-state index contributed by atoms with van der Waals surface area (Å²) < 4.78 is 0. The standard InChI is InChI=1S/C8H12N2O/c1-10-8-3-2-7(11)4-6(8)5-9-10/h3,6,9H,2,4-5H2,1H3. The van der Waals surface area contributed by atoms with Gasteiger partial charge in [0.05, 0.1) is 0 Å². The number of allylic oxidation sites excluding steroid dienone is 1. The zero-order valence-electron chi connectivity index (χ0n) is 6.63. The Labute approximate surface area is 66.0 Å². The van der Waals surface area contributed by atoms with Crippen LogP contribution >= 0.6 is 0 Å². The highest BCUT2D eigenvalue weighted by molar-refractivity contribution is 5.81. The summed E-state index contributed by atoms with van der Waals surface area (Å²) in [6, 6.07) is 0. The van der Waals surface area contributed by atoms with Gasteiger partial charge in [0.15, 0.2) is 0 Å². The van der Waals surface area contributed by atoms with Crippen LogP contribution in [-0.4, -0.2) is 24.4 Å². The van der Waals surface area contributed by atoms with Gasteiger partial charge >= 0.3 is 0 Å². The van der Waals surface area contributed by atoms with Crippen LogP contribution in [0.5, 0.6) is 0 Å². The van der Waals surface area contributed by atoms with E-state index in [1.54, 1.807) is 0 Å². The minimum Gasteiger partial charge on any atom is -0.316 e. The molecule has 0 bridgehead atoms. The molecule has 3 nitrogen and oxygen atoms in total. The van der Waals surface area contributed by atoms with Crippen LogP contribution in [0.4, 0.5) is 0 Å². The van der Waals surface area contributed by atoms with Gasteiger partial charge in [0.25, 0.3) is 0 Å². The van der Waals surface area contributed by atoms with Gasteiger partial charge in [-0.25, -0.2) is 5.43 Å². The summed E-state index contributed by atoms with van der Waals surface area (Å²) in [5.41, 5.74) is 4.49. The van der Waals surface area contributed by atoms with Gasteiger partial charge in [-0.05, 0) is 0 Å². The molecule has 0 aromatic rings. The van der Waals surface area contributed by atoms with E-state index in [0.717, 1.165) is 13.0 Å². The quantitative estimate of drug-likeness (QED) is 0.542. The van der Waals surface area contributed by atoms with Gasteiger partial charge in [-0.1, -0.05) is 6.08 Å². The van der Waals surface area contributed by atoms with Crippen molar-refractivity contribution >= 4 is 5.78 Å². The predicted octanol–water partition coefficient (Wildman–Crippen LogP) is 0.299. The normalized spacial score (nSPS) is 30.3. The highest BCUT2D eigenvalue weighted by Gasteiger charge is 2.29. The number of ketones is 1. The second-order valence-electron chi connectivity index (χ2n) is 3.19. The zero-order chi connectivity index (χ0) is 7.84. The van der Waals surface area contributed by atoms with E-state index in [4.69, 9.17) is 0 Å². The Kier molecular flexibility index (Phi) is 1.46. The van der Waals surface area contributed by atoms with E-state index in [9.17, 15) is 4.79 Å². The minimum absolute atomic E-state index is 0.371. The zero-order valence-corrected chi connectivity index (χ0v) is 6.63. The first-order valence-electron chi connectivity index (χ1n) is 3.96. The average Bonchev–Trinajstić information content (AvgIpc) is 2.32. The molecule has 1 fully saturated rings. The molecule has 1 aliphatic carbocycles. The number of fused-ring (bicyclic) bond motifs is 1. The number of nitrogens with one attached hydrogen (secondary N) is 1. The molecular weight excluding hydrogens is 140 g/mol. The van der Waals surface area contributed by atoms with Gasteiger partial charge in [0, 0.05) is 38.0 Å². The molecular formula is C8H12N2O. The van der Waals surface area contributed by atoms with Crippen molar-refractivity contribution in [2.75, 3.05) is 13.6 Å². The van der Waals surface area contributed by atoms with Crippen LogP contribution in [0.3, 0.4) is 0 Å². The third-order valence-electron chi connectivity index (χ3n) is 2.39. The maximum Gasteiger partial charge on any atom is 0.137 e. The fraction of sp³-hybridized carbons (Fsp3) is 0.625. The number of rotatable bonds is 0. The second kappa shape index (κ2) is 2.34. The highest BCUT2D eigenvalue weighted by atomic mass is 16.1. The molecule has 1 unspecified atom stereocenters. The van der Waals surface area contributed by atoms with E-state index in [2.05, 4.69) is 5.43 Å². The topological polar surface area (TPSA) is 32.3 Å². The van der Waals surface area contributed by atoms with E-state index < -0.39 is 0 Å². The molecule has 1 atom stereocenters. The van der Waals surface area contributed by atoms with Crippen LogP contribution in [0.1, 0.15) is 12.8 Å². The molecule has 2 aliphatic rings. The molecule has 2 rings (SSSR count). The molecule has 1 N–H and O–H groups in total. The van der Waals surface area contributed by atoms with Crippen molar-refractivity contribution in [1.29, 1.82) is 0 Å². The first-order valence-corrected chi connectivity index (χ1v) is 3.96. The van der Waals surface area contributed by atoms with E-state index in [0.29, 0.717) is 18.1 Å². The van der Waals surface area contributed by atoms with Gasteiger partial charge in [0.2, 0.25) is 0 Å². The number of carbonyl (C=O) groups excluding carboxylic acids is 1. The number of hydrogen-bond acceptors (Lipinski definition) is 3. The van der Waals surface area contributed by atoms with E-state index in [-0.39, 0.29) is 0 Å². The van der Waals surface area contributed by atoms with Crippen LogP contribution in [0.15, 0.2) is 11.8 Å². The third-order valence-corrected chi connectivity index (χ3v) is 2.39. The Morgan fingerprint density at radius 1 is 1.73 bits per heavy atom. The summed E-state index contributed by atoms with van der Waals surface area (Å²) in [6.07, 6.45) is 3.39. The molecule has 1 saturated heterocycles. The molecule has 0 amide bonds. The molecule has 1 heterocycles. The van der Waals surface area contributed by atoms with Gasteiger partial charge in [-0.15, -0.1) is 0 Å². The predicted molar refractivity (Wildman–Crippen MR) is 41.6 cm³/mol. The minimum atomic E-state index is 0.371. The lowest BCUT2D eigenvalue weighted by Crippen LogP contribution is -2.24. The first kappa shape index (κ1) is 6.85. The molecule has 0 aromatic carbocycles. The van der Waals surface area contributed by atoms with Crippen molar-refractivity contribution in [3.05, 3.63) is 11.8 Å². The number of Topliss-reactive ketones (excluding diaryl/α,β-unsaturated/α-hetero) is 1. The van der Waals surface area contributed by atoms with Gasteiger partial charge < -0.3 is 5.01 Å². The first-order chi connectivity index (χ1) is 5.27. The summed E-state index contributed by atoms with van der Waals surface area (Å²) in [5, 5.41) is 2.02. The fourth-order valence-corrected chi connectivity index (χ4v) is 1.77. The molecule has 0 aromatic heterocycles. The van der Waals surface area contributed by atoms with E-state index >= 15 is 0 Å². The second-order valence-corrected chi connectivity index (χ2v) is 3.19. The maximum atomic E-state index is 11.0. The summed E-state index contributed by atoms with van der Waals surface area (Å²) in [4.78, 5) is 11.0. The summed E-state index contributed by atoms with van der Waals surface area (Å²) in [6.45, 7) is 0.925. The molecule has 0 saturated carbocycles. The highest BCUT2D eigenvalue weighted by Crippen LogP contribution is 2.27. The fourth-order valence-electron chi connectivity index (χ4n) is 1.77. The Morgan fingerprint density at radius 3 is 3.36 bits per heavy atom. The molecule has 60 valence electrons. The van der Waals surface area contributed by atoms with Crippen molar-refractivity contribution < 1.29 is 4.79 Å². The number of hydrogen-bond donors (Lipinski definition) is 1. The third kappa shape index (κ3) is 1.05. The number of carbonyl (C=O) groups is 1. The van der Waals surface area contributed by atoms with Gasteiger partial charge in [-0.3, -0.25) is 4.79 Å². The van der Waals surface area contributed by atoms with E-state index in [1.165, 1.54) is 5.70 Å². The summed E-state index contributed by atoms with van der Waals surface area (Å²) in [7, 11) is 2.00. The lowest BCUT2D eigenvalue weighted by atomic mass is 9.93. The number of nitrogens with zero attached hydrogens (tertiary/aromatic N) is 1. The molecule has 0 radical (unpaired) electrons. The van der Waals surface area contributed by atoms with Crippen molar-refractivity contribution in [2.24, 2.45) is 5.92 Å². The Morgan fingerprint density at radius 2 is 2.55 bits per heavy atom. The van der Waals surface area contributed by atoms with Crippen molar-refractivity contribution in [3.63, 3.8) is 0 Å². The molecule has 3 heteroatoms. The SMILES string of the molecule is CN1NCC2CC(=O)CC=C21. The largest absolute Gasteiger partial charge is 0.316 e. The van der Waals surface area contributed by atoms with Crippen molar-refractivity contribution in [2.45, 2.75) is 12.8 Å². The van der Waals surface area contributed by atoms with Crippen LogP contribution < -0.4 is 5.43 Å². The maximum absolute atomic E-state index is 11.0. The Bertz CT molecular complexity index is 222. The lowest BCUT2D eigenvalue weighted by molar-refractivity contribution is -0.119. The molecule has 0 spiro atoms. The van der Waals surface area contributed by atoms with Crippen LogP contribution in [-0.2, 0) is 4.79 Å². The van der Waals surface area contributed by atoms with Gasteiger partial charge in [-0.2, -0.15) is 0 Å². The van der Waals surface area contributed by atoms with E-state index in [1.807, 2.05) is 18.1 Å². The molecule has 1 aliphatic heterocycles. The van der Waals surface area contributed by atoms with Crippen LogP contribution in [0.25, 0.3) is 0 Å². The Balaban J connectivity index is 2.22. The van der Waals surface area contributed by atoms with Crippen molar-refractivity contribution in [1.82, 2.24) is 10.4 Å².